The van der Waals surface area contributed by atoms with E-state index in [1.54, 1.807) is 20.3 Å². The van der Waals surface area contributed by atoms with Crippen molar-refractivity contribution in [1.82, 2.24) is 4.90 Å². The lowest BCUT2D eigenvalue weighted by Crippen LogP contribution is -2.28. The maximum atomic E-state index is 13.0. The van der Waals surface area contributed by atoms with Gasteiger partial charge < -0.3 is 18.6 Å². The lowest BCUT2D eigenvalue weighted by molar-refractivity contribution is -0.0500. The maximum absolute atomic E-state index is 13.0. The molecule has 0 bridgehead atoms. The number of carbonyl (C=O) groups excluding carboxylic acids is 1. The number of nitrogens with zero attached hydrogens (tertiary/aromatic N) is 1. The van der Waals surface area contributed by atoms with Crippen LogP contribution in [0.15, 0.2) is 36.4 Å². The summed E-state index contributed by atoms with van der Waals surface area (Å²) in [5, 5.41) is 0. The molecular weight excluding hydrogens is 499 g/mol. The summed E-state index contributed by atoms with van der Waals surface area (Å²) in [6.07, 6.45) is 3.85. The van der Waals surface area contributed by atoms with Gasteiger partial charge in [-0.25, -0.2) is 0 Å². The molecule has 11 heteroatoms. The van der Waals surface area contributed by atoms with E-state index < -0.39 is 15.6 Å². The van der Waals surface area contributed by atoms with Crippen LogP contribution in [-0.2, 0) is 23.0 Å². The van der Waals surface area contributed by atoms with E-state index in [1.165, 1.54) is 24.3 Å². The Morgan fingerprint density at radius 3 is 2.28 bits per heavy atom. The van der Waals surface area contributed by atoms with Crippen LogP contribution in [0.3, 0.4) is 0 Å². The van der Waals surface area contributed by atoms with Gasteiger partial charge >= 0.3 is 15.6 Å². The Labute approximate surface area is 209 Å². The van der Waals surface area contributed by atoms with E-state index in [0.29, 0.717) is 30.0 Å². The van der Waals surface area contributed by atoms with Crippen LogP contribution < -0.4 is 13.7 Å². The predicted molar refractivity (Wildman–Crippen MR) is 128 cm³/mol. The van der Waals surface area contributed by atoms with E-state index in [0.717, 1.165) is 43.4 Å². The number of halogens is 3. The van der Waals surface area contributed by atoms with Gasteiger partial charge in [-0.1, -0.05) is 12.1 Å². The van der Waals surface area contributed by atoms with Gasteiger partial charge in [0.15, 0.2) is 17.3 Å². The number of carbonyl (C=O) groups is 1. The number of ether oxygens (including phenoxy) is 2. The smallest absolute Gasteiger partial charge is 0.493 e. The van der Waals surface area contributed by atoms with Crippen molar-refractivity contribution in [3.8, 4) is 17.2 Å². The minimum absolute atomic E-state index is 0.0375. The fraction of sp³-hybridized carbons (Fsp3) is 0.480. The largest absolute Gasteiger partial charge is 0.534 e. The van der Waals surface area contributed by atoms with Crippen LogP contribution in [0.1, 0.15) is 40.7 Å². The van der Waals surface area contributed by atoms with E-state index >= 15 is 0 Å². The molecule has 0 heterocycles. The Hall–Kier alpha value is -2.79. The minimum Gasteiger partial charge on any atom is -0.493 e. The number of aryl methyl sites for hydroxylation is 1. The zero-order valence-corrected chi connectivity index (χ0v) is 21.2. The summed E-state index contributed by atoms with van der Waals surface area (Å²) >= 11 is 0. The van der Waals surface area contributed by atoms with Gasteiger partial charge in [0.05, 0.1) is 14.2 Å². The average Bonchev–Trinajstić information content (AvgIpc) is 2.83. The molecule has 1 atom stereocenters. The SMILES string of the molecule is COc1cc2c(cc1OC)C(=O)C(CCCN(C)CCc1ccc(OS(=O)(=O)C(F)(F)F)cc1)CC2. The molecule has 0 fully saturated rings. The number of hydrogen-bond donors (Lipinski definition) is 0. The number of fused-ring (bicyclic) bond motifs is 1. The topological polar surface area (TPSA) is 82.1 Å². The molecule has 2 aromatic rings. The zero-order valence-electron chi connectivity index (χ0n) is 20.4. The second kappa shape index (κ2) is 11.5. The molecule has 0 saturated heterocycles. The Bertz CT molecular complexity index is 1170. The van der Waals surface area contributed by atoms with Gasteiger partial charge in [0.25, 0.3) is 0 Å². The number of hydrogen-bond acceptors (Lipinski definition) is 7. The van der Waals surface area contributed by atoms with Crippen LogP contribution >= 0.6 is 0 Å². The van der Waals surface area contributed by atoms with E-state index in [4.69, 9.17) is 9.47 Å². The first kappa shape index (κ1) is 27.8. The standard InChI is InChI=1S/C25H30F3NO6S/c1-29(14-12-17-6-10-20(11-7-17)35-36(31,32)25(26,27)28)13-4-5-18-8-9-19-15-22(33-2)23(34-3)16-21(19)24(18)30/h6-7,10-11,15-16,18H,4-5,8-9,12-14H2,1-3H3. The summed E-state index contributed by atoms with van der Waals surface area (Å²) in [7, 11) is -0.600. The Morgan fingerprint density at radius 2 is 1.67 bits per heavy atom. The second-order valence-corrected chi connectivity index (χ2v) is 10.3. The first-order valence-electron chi connectivity index (χ1n) is 11.5. The number of likely N-dealkylation sites (N-methyl/N-ethyl adjacent to an activating group) is 1. The van der Waals surface area contributed by atoms with E-state index in [2.05, 4.69) is 9.08 Å². The molecule has 0 radical (unpaired) electrons. The molecule has 1 aliphatic rings. The first-order valence-corrected chi connectivity index (χ1v) is 12.9. The van der Waals surface area contributed by atoms with Crippen LogP contribution in [0, 0.1) is 5.92 Å². The van der Waals surface area contributed by atoms with Crippen LogP contribution in [0.25, 0.3) is 0 Å². The van der Waals surface area contributed by atoms with E-state index in [9.17, 15) is 26.4 Å². The fourth-order valence-electron chi connectivity index (χ4n) is 4.24. The van der Waals surface area contributed by atoms with Crippen molar-refractivity contribution in [2.75, 3.05) is 34.4 Å². The average molecular weight is 530 g/mol. The zero-order chi connectivity index (χ0) is 26.5. The molecule has 3 rings (SSSR count). The van der Waals surface area contributed by atoms with Crippen LogP contribution in [0.5, 0.6) is 17.2 Å². The van der Waals surface area contributed by atoms with Gasteiger partial charge in [0, 0.05) is 18.0 Å². The summed E-state index contributed by atoms with van der Waals surface area (Å²) in [5.74, 6) is 0.877. The lowest BCUT2D eigenvalue weighted by atomic mass is 9.80. The predicted octanol–water partition coefficient (Wildman–Crippen LogP) is 4.63. The molecule has 0 saturated carbocycles. The molecule has 7 nitrogen and oxygen atoms in total. The molecule has 0 spiro atoms. The van der Waals surface area contributed by atoms with Crippen LogP contribution in [-0.4, -0.2) is 59.0 Å². The summed E-state index contributed by atoms with van der Waals surface area (Å²) in [5.41, 5.74) is -2.95. The van der Waals surface area contributed by atoms with E-state index in [1.807, 2.05) is 13.1 Å². The minimum atomic E-state index is -5.68. The first-order chi connectivity index (χ1) is 16.9. The van der Waals surface area contributed by atoms with Gasteiger partial charge in [0.2, 0.25) is 0 Å². The van der Waals surface area contributed by atoms with Crippen molar-refractivity contribution in [2.45, 2.75) is 37.6 Å². The highest BCUT2D eigenvalue weighted by atomic mass is 32.2. The lowest BCUT2D eigenvalue weighted by Gasteiger charge is -2.25. The summed E-state index contributed by atoms with van der Waals surface area (Å²) in [4.78, 5) is 15.1. The molecule has 1 aliphatic carbocycles. The number of alkyl halides is 3. The fourth-order valence-corrected chi connectivity index (χ4v) is 4.70. The van der Waals surface area contributed by atoms with Crippen molar-refractivity contribution < 1.29 is 40.0 Å². The molecule has 1 unspecified atom stereocenters. The Kier molecular flexibility index (Phi) is 8.89. The monoisotopic (exact) mass is 529 g/mol. The summed E-state index contributed by atoms with van der Waals surface area (Å²) < 4.78 is 74.2. The molecule has 0 N–H and O–H groups in total. The van der Waals surface area contributed by atoms with Crippen LogP contribution in [0.2, 0.25) is 0 Å². The van der Waals surface area contributed by atoms with Crippen molar-refractivity contribution in [3.05, 3.63) is 53.1 Å². The molecule has 2 aromatic carbocycles. The Morgan fingerprint density at radius 1 is 1.03 bits per heavy atom. The highest BCUT2D eigenvalue weighted by Gasteiger charge is 2.48. The van der Waals surface area contributed by atoms with Crippen molar-refractivity contribution in [2.24, 2.45) is 5.92 Å². The number of ketones is 1. The molecule has 36 heavy (non-hydrogen) atoms. The third-order valence-corrected chi connectivity index (χ3v) is 7.27. The second-order valence-electron chi connectivity index (χ2n) is 8.79. The Balaban J connectivity index is 1.45. The van der Waals surface area contributed by atoms with Gasteiger partial charge in [-0.3, -0.25) is 4.79 Å². The number of Topliss-reactive ketones (excluding diaryl/α,β-unsaturated/α-hetero) is 1. The molecular formula is C25H30F3NO6S. The number of benzene rings is 2. The van der Waals surface area contributed by atoms with Crippen molar-refractivity contribution in [1.29, 1.82) is 0 Å². The normalized spacial score (nSPS) is 16.1. The summed E-state index contributed by atoms with van der Waals surface area (Å²) in [6.45, 7) is 1.48. The van der Waals surface area contributed by atoms with Gasteiger partial charge in [-0.2, -0.15) is 21.6 Å². The quantitative estimate of drug-likeness (QED) is 0.310. The van der Waals surface area contributed by atoms with Crippen molar-refractivity contribution >= 4 is 15.9 Å². The van der Waals surface area contributed by atoms with Gasteiger partial charge in [-0.05, 0) is 81.1 Å². The summed E-state index contributed by atoms with van der Waals surface area (Å²) in [6, 6.07) is 9.13. The third-order valence-electron chi connectivity index (χ3n) is 6.30. The van der Waals surface area contributed by atoms with Crippen molar-refractivity contribution in [3.63, 3.8) is 0 Å². The highest BCUT2D eigenvalue weighted by Crippen LogP contribution is 2.36. The highest BCUT2D eigenvalue weighted by molar-refractivity contribution is 7.88. The third kappa shape index (κ3) is 6.70. The van der Waals surface area contributed by atoms with E-state index in [-0.39, 0.29) is 17.5 Å². The molecule has 198 valence electrons. The molecule has 0 aliphatic heterocycles. The number of methoxy groups -OCH3 is 2. The maximum Gasteiger partial charge on any atom is 0.534 e. The number of rotatable bonds is 11. The van der Waals surface area contributed by atoms with Crippen LogP contribution in [0.4, 0.5) is 13.2 Å². The molecule has 0 aromatic heterocycles. The molecule has 0 amide bonds. The van der Waals surface area contributed by atoms with Gasteiger partial charge in [-0.15, -0.1) is 0 Å². The van der Waals surface area contributed by atoms with Gasteiger partial charge in [0.1, 0.15) is 5.75 Å².